The normalized spacial score (nSPS) is 16.5. The molecule has 57 valence electrons. The third-order valence-electron chi connectivity index (χ3n) is 1.56. The van der Waals surface area contributed by atoms with Crippen molar-refractivity contribution < 1.29 is 4.74 Å². The van der Waals surface area contributed by atoms with Crippen molar-refractivity contribution >= 4 is 15.9 Å². The zero-order chi connectivity index (χ0) is 7.68. The average molecular weight is 212 g/mol. The summed E-state index contributed by atoms with van der Waals surface area (Å²) in [7, 11) is 0. The van der Waals surface area contributed by atoms with Gasteiger partial charge in [0.15, 0.2) is 0 Å². The molecule has 1 nitrogen and oxygen atoms in total. The lowest BCUT2D eigenvalue weighted by Gasteiger charge is -2.02. The van der Waals surface area contributed by atoms with Gasteiger partial charge in [0, 0.05) is 4.47 Å². The van der Waals surface area contributed by atoms with E-state index in [0.717, 1.165) is 10.2 Å². The monoisotopic (exact) mass is 211 g/mol. The van der Waals surface area contributed by atoms with E-state index in [1.807, 2.05) is 18.2 Å². The molecule has 0 aliphatic heterocycles. The van der Waals surface area contributed by atoms with Crippen LogP contribution in [-0.2, 0) is 0 Å². The van der Waals surface area contributed by atoms with Crippen molar-refractivity contribution in [2.24, 2.45) is 0 Å². The molecular weight excluding hydrogens is 204 g/mol. The fraction of sp³-hybridized carbons (Fsp3) is 0.333. The van der Waals surface area contributed by atoms with Crippen LogP contribution < -0.4 is 4.74 Å². The van der Waals surface area contributed by atoms with Gasteiger partial charge in [-0.05, 0) is 37.1 Å². The molecule has 1 fully saturated rings. The molecule has 1 aromatic carbocycles. The molecule has 0 aromatic heterocycles. The molecule has 1 aliphatic rings. The Balaban J connectivity index is 2.10. The molecule has 0 unspecified atom stereocenters. The summed E-state index contributed by atoms with van der Waals surface area (Å²) in [6, 6.07) is 8.74. The predicted molar refractivity (Wildman–Crippen MR) is 46.6 cm³/mol. The minimum Gasteiger partial charge on any atom is -0.490 e. The van der Waals surface area contributed by atoms with Crippen molar-refractivity contribution in [3.05, 3.63) is 28.7 Å². The number of ether oxygens (including phenoxy) is 1. The van der Waals surface area contributed by atoms with Crippen LogP contribution in [0.4, 0.5) is 0 Å². The predicted octanol–water partition coefficient (Wildman–Crippen LogP) is 2.79. The first-order chi connectivity index (χ1) is 5.34. The number of halogens is 1. The molecule has 0 atom stereocenters. The van der Waals surface area contributed by atoms with Crippen LogP contribution in [0, 0.1) is 6.07 Å². The van der Waals surface area contributed by atoms with Crippen LogP contribution in [-0.4, -0.2) is 6.10 Å². The quantitative estimate of drug-likeness (QED) is 0.732. The summed E-state index contributed by atoms with van der Waals surface area (Å²) in [5.74, 6) is 0.943. The lowest BCUT2D eigenvalue weighted by Crippen LogP contribution is -1.94. The van der Waals surface area contributed by atoms with E-state index in [4.69, 9.17) is 4.74 Å². The van der Waals surface area contributed by atoms with Crippen LogP contribution in [0.15, 0.2) is 22.7 Å². The van der Waals surface area contributed by atoms with E-state index < -0.39 is 0 Å². The van der Waals surface area contributed by atoms with E-state index in [1.165, 1.54) is 12.8 Å². The van der Waals surface area contributed by atoms with Gasteiger partial charge in [-0.2, -0.15) is 0 Å². The average Bonchev–Trinajstić information content (AvgIpc) is 2.71. The Labute approximate surface area is 74.5 Å². The van der Waals surface area contributed by atoms with Crippen molar-refractivity contribution in [3.63, 3.8) is 0 Å². The molecule has 1 radical (unpaired) electrons. The van der Waals surface area contributed by atoms with Crippen molar-refractivity contribution in [2.75, 3.05) is 0 Å². The first-order valence-electron chi connectivity index (χ1n) is 3.68. The summed E-state index contributed by atoms with van der Waals surface area (Å²) in [5, 5.41) is 0. The minimum absolute atomic E-state index is 0.476. The molecule has 1 aromatic rings. The summed E-state index contributed by atoms with van der Waals surface area (Å²) in [6.07, 6.45) is 2.89. The minimum atomic E-state index is 0.476. The highest BCUT2D eigenvalue weighted by molar-refractivity contribution is 9.10. The zero-order valence-corrected chi connectivity index (χ0v) is 7.60. The van der Waals surface area contributed by atoms with Crippen LogP contribution in [0.25, 0.3) is 0 Å². The molecule has 0 spiro atoms. The Morgan fingerprint density at radius 2 is 2.36 bits per heavy atom. The van der Waals surface area contributed by atoms with Gasteiger partial charge in [0.25, 0.3) is 0 Å². The summed E-state index contributed by atoms with van der Waals surface area (Å²) in [6.45, 7) is 0. The van der Waals surface area contributed by atoms with E-state index >= 15 is 0 Å². The van der Waals surface area contributed by atoms with Gasteiger partial charge in [-0.15, -0.1) is 0 Å². The lowest BCUT2D eigenvalue weighted by molar-refractivity contribution is 0.303. The highest BCUT2D eigenvalue weighted by atomic mass is 79.9. The number of rotatable bonds is 2. The first-order valence-corrected chi connectivity index (χ1v) is 4.48. The summed E-state index contributed by atoms with van der Waals surface area (Å²) < 4.78 is 6.51. The number of hydrogen-bond donors (Lipinski definition) is 0. The molecule has 11 heavy (non-hydrogen) atoms. The Morgan fingerprint density at radius 1 is 1.55 bits per heavy atom. The third-order valence-corrected chi connectivity index (χ3v) is 2.02. The Hall–Kier alpha value is -0.500. The van der Waals surface area contributed by atoms with Gasteiger partial charge >= 0.3 is 0 Å². The Bertz CT molecular complexity index is 255. The maximum atomic E-state index is 5.56. The first kappa shape index (κ1) is 7.17. The third kappa shape index (κ3) is 1.96. The Kier molecular flexibility index (Phi) is 1.86. The van der Waals surface area contributed by atoms with E-state index in [-0.39, 0.29) is 0 Å². The standard InChI is InChI=1S/C9H8BrO/c10-7-2-1-3-9(6-7)11-8-4-5-8/h1,3,6,8H,4-5H2. The van der Waals surface area contributed by atoms with Gasteiger partial charge in [-0.1, -0.05) is 15.9 Å². The van der Waals surface area contributed by atoms with Crippen molar-refractivity contribution in [2.45, 2.75) is 18.9 Å². The molecule has 0 amide bonds. The second-order valence-corrected chi connectivity index (χ2v) is 3.54. The van der Waals surface area contributed by atoms with Crippen LogP contribution >= 0.6 is 15.9 Å². The summed E-state index contributed by atoms with van der Waals surface area (Å²) >= 11 is 3.34. The molecule has 0 heterocycles. The van der Waals surface area contributed by atoms with Gasteiger partial charge in [-0.3, -0.25) is 0 Å². The van der Waals surface area contributed by atoms with Crippen LogP contribution in [0.5, 0.6) is 5.75 Å². The second-order valence-electron chi connectivity index (χ2n) is 2.69. The molecular formula is C9H8BrO. The molecule has 1 aliphatic carbocycles. The summed E-state index contributed by atoms with van der Waals surface area (Å²) in [4.78, 5) is 0. The molecule has 0 bridgehead atoms. The molecule has 0 N–H and O–H groups in total. The molecule has 2 heteroatoms. The maximum absolute atomic E-state index is 5.56. The van der Waals surface area contributed by atoms with E-state index in [9.17, 15) is 0 Å². The fourth-order valence-electron chi connectivity index (χ4n) is 0.870. The van der Waals surface area contributed by atoms with Crippen LogP contribution in [0.1, 0.15) is 12.8 Å². The van der Waals surface area contributed by atoms with Crippen molar-refractivity contribution in [1.29, 1.82) is 0 Å². The van der Waals surface area contributed by atoms with Gasteiger partial charge < -0.3 is 4.74 Å². The van der Waals surface area contributed by atoms with Gasteiger partial charge in [0.1, 0.15) is 5.75 Å². The summed E-state index contributed by atoms with van der Waals surface area (Å²) in [5.41, 5.74) is 0. The highest BCUT2D eigenvalue weighted by Crippen LogP contribution is 2.27. The van der Waals surface area contributed by atoms with Gasteiger partial charge in [0.2, 0.25) is 0 Å². The molecule has 2 rings (SSSR count). The van der Waals surface area contributed by atoms with Crippen LogP contribution in [0.2, 0.25) is 0 Å². The van der Waals surface area contributed by atoms with E-state index in [0.29, 0.717) is 6.10 Å². The van der Waals surface area contributed by atoms with Crippen molar-refractivity contribution in [1.82, 2.24) is 0 Å². The SMILES string of the molecule is Brc1[c]ccc(OC2CC2)c1. The lowest BCUT2D eigenvalue weighted by atomic mass is 10.3. The highest BCUT2D eigenvalue weighted by Gasteiger charge is 2.23. The van der Waals surface area contributed by atoms with Gasteiger partial charge in [0.05, 0.1) is 6.10 Å². The molecule has 1 saturated carbocycles. The van der Waals surface area contributed by atoms with Crippen molar-refractivity contribution in [3.8, 4) is 5.75 Å². The van der Waals surface area contributed by atoms with Crippen LogP contribution in [0.3, 0.4) is 0 Å². The smallest absolute Gasteiger partial charge is 0.120 e. The topological polar surface area (TPSA) is 9.23 Å². The zero-order valence-electron chi connectivity index (χ0n) is 6.01. The largest absolute Gasteiger partial charge is 0.490 e. The fourth-order valence-corrected chi connectivity index (χ4v) is 1.23. The van der Waals surface area contributed by atoms with E-state index in [2.05, 4.69) is 22.0 Å². The second kappa shape index (κ2) is 2.86. The molecule has 0 saturated heterocycles. The Morgan fingerprint density at radius 3 is 3.00 bits per heavy atom. The number of hydrogen-bond acceptors (Lipinski definition) is 1. The van der Waals surface area contributed by atoms with E-state index in [1.54, 1.807) is 0 Å². The number of benzene rings is 1. The maximum Gasteiger partial charge on any atom is 0.120 e. The van der Waals surface area contributed by atoms with Gasteiger partial charge in [-0.25, -0.2) is 0 Å².